The smallest absolute Gasteiger partial charge is 0.319 e. The van der Waals surface area contributed by atoms with E-state index in [0.717, 1.165) is 36.8 Å². The van der Waals surface area contributed by atoms with Crippen LogP contribution in [0.2, 0.25) is 0 Å². The Morgan fingerprint density at radius 2 is 1.68 bits per heavy atom. The fourth-order valence-corrected chi connectivity index (χ4v) is 3.70. The van der Waals surface area contributed by atoms with Crippen LogP contribution in [0.15, 0.2) is 18.2 Å². The summed E-state index contributed by atoms with van der Waals surface area (Å²) in [4.78, 5) is 22.6. The predicted octanol–water partition coefficient (Wildman–Crippen LogP) is 5.96. The van der Waals surface area contributed by atoms with Gasteiger partial charge in [-0.1, -0.05) is 72.4 Å². The van der Waals surface area contributed by atoms with E-state index in [1.807, 2.05) is 25.1 Å². The second-order valence-corrected chi connectivity index (χ2v) is 9.50. The van der Waals surface area contributed by atoms with Crippen LogP contribution < -0.4 is 4.74 Å². The van der Waals surface area contributed by atoms with Crippen LogP contribution in [0, 0.1) is 12.3 Å². The third-order valence-corrected chi connectivity index (χ3v) is 5.46. The van der Waals surface area contributed by atoms with E-state index in [0.29, 0.717) is 18.6 Å². The van der Waals surface area contributed by atoms with Crippen LogP contribution in [0.25, 0.3) is 0 Å². The van der Waals surface area contributed by atoms with Crippen LogP contribution in [0.1, 0.15) is 84.3 Å². The molecule has 0 aromatic heterocycles. The number of hydrogen-bond donors (Lipinski definition) is 1. The van der Waals surface area contributed by atoms with Crippen molar-refractivity contribution < 1.29 is 23.5 Å². The van der Waals surface area contributed by atoms with E-state index in [1.165, 1.54) is 0 Å². The minimum absolute atomic E-state index is 0.0865. The number of esters is 1. The Kier molecular flexibility index (Phi) is 9.89. The van der Waals surface area contributed by atoms with Crippen molar-refractivity contribution >= 4 is 14.2 Å². The van der Waals surface area contributed by atoms with Gasteiger partial charge in [0, 0.05) is 5.56 Å². The lowest BCUT2D eigenvalue weighted by molar-refractivity contribution is -0.149. The molecule has 28 heavy (non-hydrogen) atoms. The highest BCUT2D eigenvalue weighted by molar-refractivity contribution is 7.32. The number of carbonyl (C=O) groups excluding carboxylic acids is 1. The van der Waals surface area contributed by atoms with Gasteiger partial charge in [0.15, 0.2) is 0 Å². The SMILES string of the molecule is CCCCC(CCCC)(CO[PH](=O)O)C(=O)Oc1cc(C)ccc1C(C)(C)C. The first-order valence-corrected chi connectivity index (χ1v) is 11.5. The summed E-state index contributed by atoms with van der Waals surface area (Å²) in [6.45, 7) is 12.2. The van der Waals surface area contributed by atoms with E-state index in [2.05, 4.69) is 34.6 Å². The van der Waals surface area contributed by atoms with Gasteiger partial charge in [-0.3, -0.25) is 9.36 Å². The Balaban J connectivity index is 3.27. The highest BCUT2D eigenvalue weighted by Crippen LogP contribution is 2.38. The van der Waals surface area contributed by atoms with E-state index in [1.54, 1.807) is 0 Å². The van der Waals surface area contributed by atoms with Crippen molar-refractivity contribution in [2.24, 2.45) is 5.41 Å². The molecule has 0 radical (unpaired) electrons. The molecule has 1 aromatic carbocycles. The molecular weight excluding hydrogens is 375 g/mol. The Morgan fingerprint density at radius 1 is 1.11 bits per heavy atom. The van der Waals surface area contributed by atoms with Crippen LogP contribution in [0.5, 0.6) is 5.75 Å². The van der Waals surface area contributed by atoms with Crippen molar-refractivity contribution in [1.82, 2.24) is 0 Å². The van der Waals surface area contributed by atoms with Gasteiger partial charge < -0.3 is 14.2 Å². The van der Waals surface area contributed by atoms with E-state index in [-0.39, 0.29) is 18.0 Å². The van der Waals surface area contributed by atoms with Gasteiger partial charge in [0.05, 0.1) is 12.0 Å². The van der Waals surface area contributed by atoms with Gasteiger partial charge in [-0.05, 0) is 36.8 Å². The molecule has 0 fully saturated rings. The molecule has 1 rings (SSSR count). The van der Waals surface area contributed by atoms with E-state index < -0.39 is 13.7 Å². The first-order valence-electron chi connectivity index (χ1n) is 10.2. The van der Waals surface area contributed by atoms with Crippen LogP contribution in [0.3, 0.4) is 0 Å². The summed E-state index contributed by atoms with van der Waals surface area (Å²) in [7, 11) is -3.12. The van der Waals surface area contributed by atoms with Crippen molar-refractivity contribution in [2.45, 2.75) is 85.5 Å². The van der Waals surface area contributed by atoms with Crippen molar-refractivity contribution in [3.05, 3.63) is 29.3 Å². The molecule has 1 atom stereocenters. The zero-order valence-electron chi connectivity index (χ0n) is 18.3. The zero-order chi connectivity index (χ0) is 21.4. The van der Waals surface area contributed by atoms with Gasteiger partial charge in [-0.15, -0.1) is 0 Å². The molecule has 1 N–H and O–H groups in total. The van der Waals surface area contributed by atoms with Crippen molar-refractivity contribution in [2.75, 3.05) is 6.61 Å². The van der Waals surface area contributed by atoms with Gasteiger partial charge in [0.25, 0.3) is 0 Å². The molecule has 1 unspecified atom stereocenters. The zero-order valence-corrected chi connectivity index (χ0v) is 19.3. The summed E-state index contributed by atoms with van der Waals surface area (Å²) in [5.41, 5.74) is 0.891. The lowest BCUT2D eigenvalue weighted by Crippen LogP contribution is -2.39. The Bertz CT molecular complexity index is 655. The molecule has 0 spiro atoms. The standard InChI is InChI=1S/C22H37O5P/c1-7-9-13-22(14-10-8-2,16-26-28(24)25)20(23)27-19-15-17(3)11-12-18(19)21(4,5)6/h11-12,15,28H,7-10,13-14,16H2,1-6H3,(H,24,25). The first-order chi connectivity index (χ1) is 13.1. The molecule has 1 aromatic rings. The van der Waals surface area contributed by atoms with Gasteiger partial charge >= 0.3 is 14.2 Å². The minimum Gasteiger partial charge on any atom is -0.426 e. The van der Waals surface area contributed by atoms with Crippen LogP contribution >= 0.6 is 8.25 Å². The third-order valence-electron chi connectivity index (χ3n) is 5.07. The molecule has 160 valence electrons. The summed E-state index contributed by atoms with van der Waals surface area (Å²) in [5, 5.41) is 0. The molecule has 0 saturated heterocycles. The van der Waals surface area contributed by atoms with Crippen LogP contribution in [0.4, 0.5) is 0 Å². The lowest BCUT2D eigenvalue weighted by Gasteiger charge is -2.32. The predicted molar refractivity (Wildman–Crippen MR) is 114 cm³/mol. The van der Waals surface area contributed by atoms with Crippen LogP contribution in [-0.4, -0.2) is 17.5 Å². The van der Waals surface area contributed by atoms with Crippen molar-refractivity contribution in [3.63, 3.8) is 0 Å². The Hall–Kier alpha value is -1.16. The topological polar surface area (TPSA) is 72.8 Å². The summed E-state index contributed by atoms with van der Waals surface area (Å²) < 4.78 is 22.3. The third kappa shape index (κ3) is 7.35. The number of benzene rings is 1. The minimum atomic E-state index is -3.12. The number of carbonyl (C=O) groups is 1. The normalized spacial score (nSPS) is 13.4. The Labute approximate surface area is 170 Å². The number of hydrogen-bond acceptors (Lipinski definition) is 4. The fraction of sp³-hybridized carbons (Fsp3) is 0.682. The van der Waals surface area contributed by atoms with Crippen molar-refractivity contribution in [1.29, 1.82) is 0 Å². The largest absolute Gasteiger partial charge is 0.426 e. The molecule has 0 saturated carbocycles. The monoisotopic (exact) mass is 412 g/mol. The first kappa shape index (κ1) is 24.9. The quantitative estimate of drug-likeness (QED) is 0.276. The number of rotatable bonds is 11. The molecule has 0 amide bonds. The molecule has 0 bridgehead atoms. The molecular formula is C22H37O5P. The van der Waals surface area contributed by atoms with Gasteiger partial charge in [0.1, 0.15) is 5.75 Å². The maximum absolute atomic E-state index is 13.4. The number of aryl methyl sites for hydroxylation is 1. The average molecular weight is 413 g/mol. The van der Waals surface area contributed by atoms with Crippen LogP contribution in [-0.2, 0) is 19.3 Å². The van der Waals surface area contributed by atoms with Gasteiger partial charge in [0.2, 0.25) is 0 Å². The summed E-state index contributed by atoms with van der Waals surface area (Å²) in [6, 6.07) is 5.90. The highest BCUT2D eigenvalue weighted by Gasteiger charge is 2.40. The number of unbranched alkanes of at least 4 members (excludes halogenated alkanes) is 2. The molecule has 0 aliphatic carbocycles. The van der Waals surface area contributed by atoms with E-state index in [9.17, 15) is 14.3 Å². The highest BCUT2D eigenvalue weighted by atomic mass is 31.1. The van der Waals surface area contributed by atoms with Gasteiger partial charge in [-0.25, -0.2) is 0 Å². The van der Waals surface area contributed by atoms with Crippen molar-refractivity contribution in [3.8, 4) is 5.75 Å². The maximum atomic E-state index is 13.4. The van der Waals surface area contributed by atoms with Gasteiger partial charge in [-0.2, -0.15) is 0 Å². The summed E-state index contributed by atoms with van der Waals surface area (Å²) >= 11 is 0. The molecule has 0 aliphatic rings. The number of ether oxygens (including phenoxy) is 1. The fourth-order valence-electron chi connectivity index (χ4n) is 3.30. The molecule has 6 heteroatoms. The molecule has 0 heterocycles. The maximum Gasteiger partial charge on any atom is 0.319 e. The summed E-state index contributed by atoms with van der Waals surface area (Å²) in [5.74, 6) is 0.195. The second kappa shape index (κ2) is 11.1. The summed E-state index contributed by atoms with van der Waals surface area (Å²) in [6.07, 6.45) is 4.66. The van der Waals surface area contributed by atoms with E-state index in [4.69, 9.17) is 9.26 Å². The Morgan fingerprint density at radius 3 is 2.14 bits per heavy atom. The lowest BCUT2D eigenvalue weighted by atomic mass is 9.79. The second-order valence-electron chi connectivity index (χ2n) is 8.68. The molecule has 5 nitrogen and oxygen atoms in total. The average Bonchev–Trinajstić information content (AvgIpc) is 2.60. The van der Waals surface area contributed by atoms with E-state index >= 15 is 0 Å². The molecule has 0 aliphatic heterocycles.